The molecule has 45 heavy (non-hydrogen) atoms. The Hall–Kier alpha value is -1.25. The normalized spacial score (nSPS) is 49.8. The van der Waals surface area contributed by atoms with Gasteiger partial charge in [-0.15, -0.1) is 0 Å². The van der Waals surface area contributed by atoms with Gasteiger partial charge in [-0.3, -0.25) is 14.5 Å². The molecule has 8 rings (SSSR count). The summed E-state index contributed by atoms with van der Waals surface area (Å²) in [7, 11) is 0. The Balaban J connectivity index is 0.851. The number of carbonyl (C=O) groups is 2. The molecule has 0 aromatic heterocycles. The molecule has 8 fully saturated rings. The van der Waals surface area contributed by atoms with Gasteiger partial charge in [0.2, 0.25) is 11.8 Å². The Morgan fingerprint density at radius 1 is 0.911 bits per heavy atom. The second kappa shape index (κ2) is 10.9. The summed E-state index contributed by atoms with van der Waals surface area (Å²) in [6.45, 7) is 14.2. The van der Waals surface area contributed by atoms with Crippen LogP contribution in [0.1, 0.15) is 98.3 Å². The average molecular weight is 628 g/mol. The van der Waals surface area contributed by atoms with Crippen molar-refractivity contribution in [2.24, 2.45) is 57.7 Å². The number of nitrogens with zero attached hydrogens (tertiary/aromatic N) is 2. The Kier molecular flexibility index (Phi) is 7.51. The summed E-state index contributed by atoms with van der Waals surface area (Å²) in [6, 6.07) is 0.187. The molecular formula is C37H58FN3O4. The molecule has 4 aliphatic carbocycles. The van der Waals surface area contributed by atoms with Crippen molar-refractivity contribution in [2.75, 3.05) is 46.0 Å². The van der Waals surface area contributed by atoms with Gasteiger partial charge in [0.05, 0.1) is 12.7 Å². The Morgan fingerprint density at radius 3 is 2.42 bits per heavy atom. The number of halogens is 1. The van der Waals surface area contributed by atoms with Gasteiger partial charge in [0.15, 0.2) is 5.79 Å². The summed E-state index contributed by atoms with van der Waals surface area (Å²) >= 11 is 0. The van der Waals surface area contributed by atoms with Crippen LogP contribution in [0.15, 0.2) is 0 Å². The van der Waals surface area contributed by atoms with E-state index in [2.05, 4.69) is 37.9 Å². The van der Waals surface area contributed by atoms with E-state index in [-0.39, 0.29) is 42.2 Å². The number of nitrogens with one attached hydrogen (secondary N) is 1. The second-order valence-electron chi connectivity index (χ2n) is 18.0. The fraction of sp³-hybridized carbons (Fsp3) is 0.946. The molecule has 0 bridgehead atoms. The SMILES string of the molecule is C[C@H]1CC[C@@]2(OC1)O[C@H]1C[C@H]3[C@@H]4CC[C@@H]5C[C@@H](NC(=O)CC(=O)N6CC7(CN(CCF)C7)C6)CC[C@]5(C)C4CC[C@]3(C)[C@H]1[C@@H]2C. The molecule has 4 saturated carbocycles. The van der Waals surface area contributed by atoms with Gasteiger partial charge in [0.25, 0.3) is 0 Å². The van der Waals surface area contributed by atoms with Gasteiger partial charge in [0.1, 0.15) is 13.1 Å². The van der Waals surface area contributed by atoms with Gasteiger partial charge in [0, 0.05) is 56.5 Å². The van der Waals surface area contributed by atoms with E-state index in [1.807, 2.05) is 4.90 Å². The van der Waals surface area contributed by atoms with E-state index in [0.29, 0.717) is 47.2 Å². The molecule has 8 aliphatic rings. The topological polar surface area (TPSA) is 71.1 Å². The predicted molar refractivity (Wildman–Crippen MR) is 170 cm³/mol. The van der Waals surface area contributed by atoms with Gasteiger partial charge >= 0.3 is 0 Å². The minimum Gasteiger partial charge on any atom is -0.353 e. The highest BCUT2D eigenvalue weighted by Crippen LogP contribution is 2.71. The molecule has 0 aromatic rings. The monoisotopic (exact) mass is 627 g/mol. The maximum Gasteiger partial charge on any atom is 0.232 e. The minimum atomic E-state index is -0.337. The first-order valence-electron chi connectivity index (χ1n) is 18.6. The first-order chi connectivity index (χ1) is 21.5. The molecule has 252 valence electrons. The van der Waals surface area contributed by atoms with Crippen molar-refractivity contribution in [1.82, 2.24) is 15.1 Å². The molecule has 1 unspecified atom stereocenters. The Labute approximate surface area is 270 Å². The highest BCUT2D eigenvalue weighted by atomic mass is 19.1. The molecule has 4 heterocycles. The van der Waals surface area contributed by atoms with Crippen LogP contribution < -0.4 is 5.32 Å². The highest BCUT2D eigenvalue weighted by molar-refractivity contribution is 5.97. The van der Waals surface area contributed by atoms with Crippen molar-refractivity contribution in [2.45, 2.75) is 116 Å². The molecular weight excluding hydrogens is 569 g/mol. The summed E-state index contributed by atoms with van der Waals surface area (Å²) in [5.41, 5.74) is 0.850. The van der Waals surface area contributed by atoms with Crippen LogP contribution >= 0.6 is 0 Å². The van der Waals surface area contributed by atoms with Crippen LogP contribution in [0.4, 0.5) is 4.39 Å². The zero-order valence-corrected chi connectivity index (χ0v) is 28.3. The first kappa shape index (κ1) is 31.0. The van der Waals surface area contributed by atoms with Gasteiger partial charge in [-0.1, -0.05) is 27.7 Å². The number of fused-ring (bicyclic) bond motifs is 7. The fourth-order valence-corrected chi connectivity index (χ4v) is 13.3. The van der Waals surface area contributed by atoms with Crippen LogP contribution in [0, 0.1) is 57.7 Å². The third-order valence-electron chi connectivity index (χ3n) is 15.5. The fourth-order valence-electron chi connectivity index (χ4n) is 13.3. The molecule has 0 aromatic carbocycles. The lowest BCUT2D eigenvalue weighted by molar-refractivity contribution is -0.273. The van der Waals surface area contributed by atoms with Crippen molar-refractivity contribution in [3.05, 3.63) is 0 Å². The van der Waals surface area contributed by atoms with Crippen molar-refractivity contribution >= 4 is 11.8 Å². The van der Waals surface area contributed by atoms with E-state index in [9.17, 15) is 14.0 Å². The van der Waals surface area contributed by atoms with Gasteiger partial charge in [-0.25, -0.2) is 4.39 Å². The van der Waals surface area contributed by atoms with Crippen LogP contribution in [0.5, 0.6) is 0 Å². The number of ether oxygens (including phenoxy) is 2. The van der Waals surface area contributed by atoms with Crippen LogP contribution in [-0.4, -0.2) is 85.6 Å². The number of likely N-dealkylation sites (tertiary alicyclic amines) is 2. The van der Waals surface area contributed by atoms with E-state index in [0.717, 1.165) is 69.8 Å². The maximum absolute atomic E-state index is 13.0. The Morgan fingerprint density at radius 2 is 1.69 bits per heavy atom. The molecule has 12 atom stereocenters. The zero-order valence-electron chi connectivity index (χ0n) is 28.3. The molecule has 8 heteroatoms. The quantitative estimate of drug-likeness (QED) is 0.413. The molecule has 0 radical (unpaired) electrons. The number of carbonyl (C=O) groups excluding carboxylic acids is 2. The second-order valence-corrected chi connectivity index (χ2v) is 18.0. The average Bonchev–Trinajstić information content (AvgIpc) is 3.40. The predicted octanol–water partition coefficient (Wildman–Crippen LogP) is 5.42. The summed E-state index contributed by atoms with van der Waals surface area (Å²) in [4.78, 5) is 29.8. The number of alkyl halides is 1. The third-order valence-corrected chi connectivity index (χ3v) is 15.5. The van der Waals surface area contributed by atoms with Crippen LogP contribution in [0.3, 0.4) is 0 Å². The molecule has 4 saturated heterocycles. The zero-order chi connectivity index (χ0) is 31.4. The van der Waals surface area contributed by atoms with Crippen molar-refractivity contribution in [3.8, 4) is 0 Å². The van der Waals surface area contributed by atoms with E-state index >= 15 is 0 Å². The number of hydrogen-bond acceptors (Lipinski definition) is 5. The summed E-state index contributed by atoms with van der Waals surface area (Å²) < 4.78 is 26.1. The number of rotatable bonds is 5. The van der Waals surface area contributed by atoms with E-state index < -0.39 is 0 Å². The van der Waals surface area contributed by atoms with Crippen LogP contribution in [-0.2, 0) is 19.1 Å². The van der Waals surface area contributed by atoms with Crippen molar-refractivity contribution in [1.29, 1.82) is 0 Å². The minimum absolute atomic E-state index is 0.0398. The van der Waals surface area contributed by atoms with Crippen LogP contribution in [0.25, 0.3) is 0 Å². The van der Waals surface area contributed by atoms with Crippen molar-refractivity contribution in [3.63, 3.8) is 0 Å². The third kappa shape index (κ3) is 4.79. The lowest BCUT2D eigenvalue weighted by Crippen LogP contribution is -2.73. The van der Waals surface area contributed by atoms with Gasteiger partial charge < -0.3 is 19.7 Å². The molecule has 7 nitrogen and oxygen atoms in total. The largest absolute Gasteiger partial charge is 0.353 e. The standard InChI is InChI=1S/C37H58FN3O4/c1-23-7-12-37(44-18-23)24(2)33-30(45-37)16-29-27-6-5-25-15-26(8-10-34(25,3)28(27)9-11-35(29,33)4)39-31(42)17-32(43)41-21-36(22-41)19-40(20-36)14-13-38/h23-30,33H,5-22H2,1-4H3,(H,39,42)/t23-,24-,25+,26-,27+,28?,29-,30-,33-,34-,35-,37+/m0/s1. The summed E-state index contributed by atoms with van der Waals surface area (Å²) in [5, 5.41) is 3.29. The molecule has 2 spiro atoms. The maximum atomic E-state index is 13.0. The number of amides is 2. The van der Waals surface area contributed by atoms with Gasteiger partial charge in [-0.05, 0) is 104 Å². The van der Waals surface area contributed by atoms with E-state index in [1.54, 1.807) is 0 Å². The Bertz CT molecular complexity index is 1180. The molecule has 4 aliphatic heterocycles. The van der Waals surface area contributed by atoms with E-state index in [1.165, 1.54) is 44.9 Å². The highest BCUT2D eigenvalue weighted by Gasteiger charge is 2.69. The van der Waals surface area contributed by atoms with E-state index in [4.69, 9.17) is 9.47 Å². The smallest absolute Gasteiger partial charge is 0.232 e. The molecule has 1 N–H and O–H groups in total. The lowest BCUT2D eigenvalue weighted by atomic mass is 9.44. The van der Waals surface area contributed by atoms with Gasteiger partial charge in [-0.2, -0.15) is 0 Å². The first-order valence-corrected chi connectivity index (χ1v) is 18.6. The lowest BCUT2D eigenvalue weighted by Gasteiger charge is -2.61. The summed E-state index contributed by atoms with van der Waals surface area (Å²) in [6.07, 6.45) is 12.3. The number of hydrogen-bond donors (Lipinski definition) is 1. The molecule has 2 amide bonds. The van der Waals surface area contributed by atoms with Crippen molar-refractivity contribution < 1.29 is 23.5 Å². The van der Waals surface area contributed by atoms with Crippen LogP contribution in [0.2, 0.25) is 0 Å². The summed E-state index contributed by atoms with van der Waals surface area (Å²) in [5.74, 6) is 4.19.